The number of amides is 1. The molecular weight excluding hydrogens is 595 g/mol. The standard InChI is InChI=1S/C32H29N7O3S2/c1-44(41,42)34-17-14-22-10-12-24(13-11-22)36-32-33-16-15-27(37-32)31-30(38-28-9-2-3-18-39(28)31)23-6-4-7-25(20-23)35-29(40)21-26-8-5-19-43-26/h2-13,15-16,18-20,34H,14,17,21H2,1H3,(H,35,40)(H,33,36,37). The molecule has 0 atom stereocenters. The van der Waals surface area contributed by atoms with E-state index in [0.717, 1.165) is 45.0 Å². The van der Waals surface area contributed by atoms with Crippen LogP contribution in [0, 0.1) is 0 Å². The lowest BCUT2D eigenvalue weighted by Crippen LogP contribution is -2.24. The molecule has 3 N–H and O–H groups in total. The molecule has 6 aromatic rings. The van der Waals surface area contributed by atoms with Crippen LogP contribution in [0.25, 0.3) is 28.3 Å². The van der Waals surface area contributed by atoms with Gasteiger partial charge in [0.25, 0.3) is 0 Å². The number of pyridine rings is 1. The lowest BCUT2D eigenvalue weighted by molar-refractivity contribution is -0.115. The van der Waals surface area contributed by atoms with Gasteiger partial charge in [-0.1, -0.05) is 36.4 Å². The minimum atomic E-state index is -3.22. The average Bonchev–Trinajstić information content (AvgIpc) is 3.66. The van der Waals surface area contributed by atoms with Gasteiger partial charge in [-0.2, -0.15) is 0 Å². The Hall–Kier alpha value is -4.91. The van der Waals surface area contributed by atoms with Crippen LogP contribution in [0.4, 0.5) is 17.3 Å². The van der Waals surface area contributed by atoms with Gasteiger partial charge in [0.05, 0.1) is 29.8 Å². The lowest BCUT2D eigenvalue weighted by Gasteiger charge is -2.10. The smallest absolute Gasteiger partial charge is 0.229 e. The Bertz CT molecular complexity index is 2020. The fraction of sp³-hybridized carbons (Fsp3) is 0.125. The molecule has 0 bridgehead atoms. The summed E-state index contributed by atoms with van der Waals surface area (Å²) in [5.41, 5.74) is 6.28. The van der Waals surface area contributed by atoms with E-state index in [0.29, 0.717) is 36.7 Å². The number of rotatable bonds is 11. The number of benzene rings is 2. The van der Waals surface area contributed by atoms with Gasteiger partial charge in [-0.15, -0.1) is 11.3 Å². The minimum Gasteiger partial charge on any atom is -0.326 e. The molecule has 4 heterocycles. The highest BCUT2D eigenvalue weighted by atomic mass is 32.2. The largest absolute Gasteiger partial charge is 0.326 e. The summed E-state index contributed by atoms with van der Waals surface area (Å²) >= 11 is 1.56. The average molecular weight is 624 g/mol. The van der Waals surface area contributed by atoms with Crippen molar-refractivity contribution in [2.75, 3.05) is 23.4 Å². The second-order valence-electron chi connectivity index (χ2n) is 10.1. The van der Waals surface area contributed by atoms with Crippen LogP contribution in [0.2, 0.25) is 0 Å². The molecule has 0 unspecified atom stereocenters. The van der Waals surface area contributed by atoms with Crippen LogP contribution in [0.1, 0.15) is 10.4 Å². The van der Waals surface area contributed by atoms with Crippen molar-refractivity contribution < 1.29 is 13.2 Å². The zero-order valence-corrected chi connectivity index (χ0v) is 25.4. The van der Waals surface area contributed by atoms with Crippen molar-refractivity contribution in [3.05, 3.63) is 113 Å². The van der Waals surface area contributed by atoms with Crippen LogP contribution < -0.4 is 15.4 Å². The van der Waals surface area contributed by atoms with Gasteiger partial charge < -0.3 is 10.6 Å². The van der Waals surface area contributed by atoms with E-state index in [4.69, 9.17) is 9.97 Å². The van der Waals surface area contributed by atoms with Crippen LogP contribution in [-0.2, 0) is 27.7 Å². The predicted molar refractivity (Wildman–Crippen MR) is 175 cm³/mol. The van der Waals surface area contributed by atoms with Crippen molar-refractivity contribution in [1.29, 1.82) is 0 Å². The Labute approximate surface area is 258 Å². The summed E-state index contributed by atoms with van der Waals surface area (Å²) in [6.07, 6.45) is 5.69. The number of hydrogen-bond acceptors (Lipinski definition) is 8. The minimum absolute atomic E-state index is 0.0788. The van der Waals surface area contributed by atoms with Gasteiger partial charge in [-0.25, -0.2) is 28.1 Å². The molecule has 44 heavy (non-hydrogen) atoms. The zero-order chi connectivity index (χ0) is 30.5. The van der Waals surface area contributed by atoms with Crippen molar-refractivity contribution in [2.24, 2.45) is 0 Å². The predicted octanol–water partition coefficient (Wildman–Crippen LogP) is 5.54. The maximum absolute atomic E-state index is 12.7. The Morgan fingerprint density at radius 2 is 1.80 bits per heavy atom. The van der Waals surface area contributed by atoms with E-state index in [-0.39, 0.29) is 5.91 Å². The van der Waals surface area contributed by atoms with E-state index in [9.17, 15) is 13.2 Å². The summed E-state index contributed by atoms with van der Waals surface area (Å²) < 4.78 is 27.1. The molecule has 6 rings (SSSR count). The summed E-state index contributed by atoms with van der Waals surface area (Å²) in [6, 6.07) is 26.9. The highest BCUT2D eigenvalue weighted by Crippen LogP contribution is 2.33. The first-order valence-electron chi connectivity index (χ1n) is 13.8. The first-order chi connectivity index (χ1) is 21.3. The highest BCUT2D eigenvalue weighted by Gasteiger charge is 2.18. The highest BCUT2D eigenvalue weighted by molar-refractivity contribution is 7.88. The molecule has 0 spiro atoms. The van der Waals surface area contributed by atoms with E-state index >= 15 is 0 Å². The molecule has 10 nitrogen and oxygen atoms in total. The maximum Gasteiger partial charge on any atom is 0.229 e. The van der Waals surface area contributed by atoms with Crippen molar-refractivity contribution in [1.82, 2.24) is 24.1 Å². The van der Waals surface area contributed by atoms with Gasteiger partial charge in [0.1, 0.15) is 5.65 Å². The molecule has 222 valence electrons. The summed E-state index contributed by atoms with van der Waals surface area (Å²) in [4.78, 5) is 27.9. The monoisotopic (exact) mass is 623 g/mol. The molecular formula is C32H29N7O3S2. The quantitative estimate of drug-likeness (QED) is 0.173. The summed E-state index contributed by atoms with van der Waals surface area (Å²) in [5.74, 6) is 0.338. The van der Waals surface area contributed by atoms with Gasteiger partial charge >= 0.3 is 0 Å². The van der Waals surface area contributed by atoms with Gasteiger partial charge in [0, 0.05) is 40.8 Å². The Balaban J connectivity index is 1.25. The van der Waals surface area contributed by atoms with Gasteiger partial charge in [0.2, 0.25) is 21.9 Å². The molecule has 0 saturated heterocycles. The first kappa shape index (κ1) is 29.2. The third kappa shape index (κ3) is 7.17. The molecule has 0 aliphatic rings. The Kier molecular flexibility index (Phi) is 8.46. The Morgan fingerprint density at radius 3 is 2.59 bits per heavy atom. The van der Waals surface area contributed by atoms with Crippen LogP contribution in [0.3, 0.4) is 0 Å². The number of nitrogens with zero attached hydrogens (tertiary/aromatic N) is 4. The SMILES string of the molecule is CS(=O)(=O)NCCc1ccc(Nc2nccc(-c3c(-c4cccc(NC(=O)Cc5cccs5)c4)nc4ccccn34)n2)cc1. The topological polar surface area (TPSA) is 130 Å². The molecule has 1 amide bonds. The van der Waals surface area contributed by atoms with Crippen molar-refractivity contribution >= 4 is 50.2 Å². The number of carbonyl (C=O) groups excluding carboxylic acids is 1. The maximum atomic E-state index is 12.7. The molecule has 0 fully saturated rings. The van der Waals surface area contributed by atoms with E-state index in [1.54, 1.807) is 17.5 Å². The normalized spacial score (nSPS) is 11.5. The number of thiophene rings is 1. The van der Waals surface area contributed by atoms with Crippen molar-refractivity contribution in [3.63, 3.8) is 0 Å². The fourth-order valence-corrected chi connectivity index (χ4v) is 5.95. The summed E-state index contributed by atoms with van der Waals surface area (Å²) in [7, 11) is -3.22. The third-order valence-electron chi connectivity index (χ3n) is 6.75. The van der Waals surface area contributed by atoms with E-state index in [1.165, 1.54) is 0 Å². The van der Waals surface area contributed by atoms with E-state index < -0.39 is 10.0 Å². The molecule has 0 saturated carbocycles. The van der Waals surface area contributed by atoms with E-state index in [2.05, 4.69) is 20.3 Å². The summed E-state index contributed by atoms with van der Waals surface area (Å²) in [5, 5.41) is 8.23. The van der Waals surface area contributed by atoms with Crippen LogP contribution in [0.5, 0.6) is 0 Å². The zero-order valence-electron chi connectivity index (χ0n) is 23.8. The summed E-state index contributed by atoms with van der Waals surface area (Å²) in [6.45, 7) is 0.336. The first-order valence-corrected chi connectivity index (χ1v) is 16.6. The number of fused-ring (bicyclic) bond motifs is 1. The van der Waals surface area contributed by atoms with Crippen molar-refractivity contribution in [2.45, 2.75) is 12.8 Å². The number of aromatic nitrogens is 4. The molecule has 12 heteroatoms. The van der Waals surface area contributed by atoms with Gasteiger partial charge in [-0.05, 0) is 65.9 Å². The lowest BCUT2D eigenvalue weighted by atomic mass is 10.1. The second kappa shape index (κ2) is 12.8. The molecule has 2 aromatic carbocycles. The molecule has 0 radical (unpaired) electrons. The van der Waals surface area contributed by atoms with Crippen LogP contribution in [-0.4, -0.2) is 46.5 Å². The number of imidazole rings is 1. The molecule has 0 aliphatic heterocycles. The van der Waals surface area contributed by atoms with Crippen LogP contribution >= 0.6 is 11.3 Å². The number of carbonyl (C=O) groups is 1. The van der Waals surface area contributed by atoms with Gasteiger partial charge in [0.15, 0.2) is 0 Å². The van der Waals surface area contributed by atoms with Crippen molar-refractivity contribution in [3.8, 4) is 22.6 Å². The van der Waals surface area contributed by atoms with Gasteiger partial charge in [-0.3, -0.25) is 9.20 Å². The Morgan fingerprint density at radius 1 is 0.932 bits per heavy atom. The van der Waals surface area contributed by atoms with Crippen LogP contribution in [0.15, 0.2) is 103 Å². The number of anilines is 3. The fourth-order valence-electron chi connectivity index (χ4n) is 4.78. The third-order valence-corrected chi connectivity index (χ3v) is 8.36. The molecule has 0 aliphatic carbocycles. The number of hydrogen-bond donors (Lipinski definition) is 3. The number of nitrogens with one attached hydrogen (secondary N) is 3. The second-order valence-corrected chi connectivity index (χ2v) is 13.0. The number of sulfonamides is 1. The van der Waals surface area contributed by atoms with E-state index in [1.807, 2.05) is 101 Å². The molecule has 4 aromatic heterocycles.